The van der Waals surface area contributed by atoms with Crippen LogP contribution in [-0.2, 0) is 27.6 Å². The van der Waals surface area contributed by atoms with E-state index in [1.54, 1.807) is 12.3 Å². The van der Waals surface area contributed by atoms with Gasteiger partial charge in [0.25, 0.3) is 5.56 Å². The van der Waals surface area contributed by atoms with Gasteiger partial charge in [-0.15, -0.1) is 0 Å². The summed E-state index contributed by atoms with van der Waals surface area (Å²) >= 11 is 0. The van der Waals surface area contributed by atoms with Crippen LogP contribution in [0.5, 0.6) is 0 Å². The van der Waals surface area contributed by atoms with Crippen LogP contribution in [0.2, 0.25) is 0 Å². The van der Waals surface area contributed by atoms with Crippen molar-refractivity contribution < 1.29 is 17.6 Å². The number of nitrogens with zero attached hydrogens (tertiary/aromatic N) is 1. The largest absolute Gasteiger partial charge is 0.464 e. The van der Waals surface area contributed by atoms with Crippen LogP contribution in [0, 0.1) is 6.92 Å². The van der Waals surface area contributed by atoms with Crippen molar-refractivity contribution in [1.29, 1.82) is 0 Å². The molecule has 0 aliphatic heterocycles. The number of fused-ring (bicyclic) bond motifs is 1. The third kappa shape index (κ3) is 4.99. The predicted octanol–water partition coefficient (Wildman–Crippen LogP) is 3.25. The minimum atomic E-state index is -3.20. The van der Waals surface area contributed by atoms with Crippen molar-refractivity contribution in [3.8, 4) is 0 Å². The highest BCUT2D eigenvalue weighted by Crippen LogP contribution is 2.29. The van der Waals surface area contributed by atoms with Crippen LogP contribution in [0.15, 0.2) is 45.9 Å². The van der Waals surface area contributed by atoms with Gasteiger partial charge in [-0.3, -0.25) is 9.59 Å². The van der Waals surface area contributed by atoms with Crippen molar-refractivity contribution in [3.05, 3.63) is 63.8 Å². The van der Waals surface area contributed by atoms with Crippen LogP contribution < -0.4 is 10.9 Å². The Labute approximate surface area is 175 Å². The molecule has 3 rings (SSSR count). The summed E-state index contributed by atoms with van der Waals surface area (Å²) in [5.74, 6) is -0.147. The number of amides is 1. The van der Waals surface area contributed by atoms with E-state index in [-0.39, 0.29) is 30.3 Å². The molecule has 7 nitrogen and oxygen atoms in total. The Morgan fingerprint density at radius 1 is 1.27 bits per heavy atom. The molecule has 1 amide bonds. The number of furan rings is 1. The number of anilines is 1. The van der Waals surface area contributed by atoms with Crippen LogP contribution in [0.25, 0.3) is 11.0 Å². The molecule has 0 unspecified atom stereocenters. The van der Waals surface area contributed by atoms with Crippen molar-refractivity contribution in [1.82, 2.24) is 4.57 Å². The smallest absolute Gasteiger partial charge is 0.274 e. The molecule has 2 aromatic heterocycles. The first-order chi connectivity index (χ1) is 14.0. The Hall–Kier alpha value is -2.87. The number of rotatable bonds is 7. The Bertz CT molecular complexity index is 1250. The van der Waals surface area contributed by atoms with E-state index >= 15 is 0 Å². The fraction of sp³-hybridized carbons (Fsp3) is 0.364. The van der Waals surface area contributed by atoms with E-state index in [9.17, 15) is 18.0 Å². The van der Waals surface area contributed by atoms with Gasteiger partial charge in [0.15, 0.2) is 0 Å². The molecule has 0 radical (unpaired) electrons. The number of aryl methyl sites for hydroxylation is 2. The summed E-state index contributed by atoms with van der Waals surface area (Å²) in [6.07, 6.45) is 4.25. The molecule has 0 atom stereocenters. The molecule has 160 valence electrons. The molecule has 0 saturated heterocycles. The SMILES string of the molecule is Cc1cc2occ(CC(=O)Nc3cccn(CCS(C)(=O)=O)c3=O)c2cc1C(C)C. The second-order valence-electron chi connectivity index (χ2n) is 7.90. The highest BCUT2D eigenvalue weighted by atomic mass is 32.2. The van der Waals surface area contributed by atoms with Gasteiger partial charge < -0.3 is 14.3 Å². The summed E-state index contributed by atoms with van der Waals surface area (Å²) in [7, 11) is -3.20. The van der Waals surface area contributed by atoms with Crippen LogP contribution in [0.4, 0.5) is 5.69 Å². The van der Waals surface area contributed by atoms with Gasteiger partial charge in [-0.1, -0.05) is 13.8 Å². The number of benzene rings is 1. The molecule has 0 aliphatic carbocycles. The summed E-state index contributed by atoms with van der Waals surface area (Å²) in [5.41, 5.74) is 3.48. The summed E-state index contributed by atoms with van der Waals surface area (Å²) < 4.78 is 29.6. The standard InChI is InChI=1S/C22H26N2O5S/c1-14(2)17-12-18-16(13-29-20(18)10-15(17)3)11-21(25)23-19-6-5-7-24(22(19)26)8-9-30(4,27)28/h5-7,10,12-14H,8-9,11H2,1-4H3,(H,23,25). The third-order valence-electron chi connectivity index (χ3n) is 5.01. The third-order valence-corrected chi connectivity index (χ3v) is 5.94. The highest BCUT2D eigenvalue weighted by Gasteiger charge is 2.15. The number of nitrogens with one attached hydrogen (secondary N) is 1. The number of hydrogen-bond acceptors (Lipinski definition) is 5. The number of sulfone groups is 1. The van der Waals surface area contributed by atoms with Gasteiger partial charge in [-0.2, -0.15) is 0 Å². The van der Waals surface area contributed by atoms with E-state index in [1.165, 1.54) is 22.4 Å². The zero-order valence-electron chi connectivity index (χ0n) is 17.6. The number of hydrogen-bond donors (Lipinski definition) is 1. The minimum absolute atomic E-state index is 0.0328. The van der Waals surface area contributed by atoms with Gasteiger partial charge in [0.1, 0.15) is 21.1 Å². The Balaban J connectivity index is 1.79. The van der Waals surface area contributed by atoms with Gasteiger partial charge in [-0.25, -0.2) is 8.42 Å². The van der Waals surface area contributed by atoms with Crippen LogP contribution >= 0.6 is 0 Å². The fourth-order valence-electron chi connectivity index (χ4n) is 3.44. The monoisotopic (exact) mass is 430 g/mol. The summed E-state index contributed by atoms with van der Waals surface area (Å²) in [5, 5.41) is 3.52. The summed E-state index contributed by atoms with van der Waals surface area (Å²) in [6.45, 7) is 6.30. The van der Waals surface area contributed by atoms with Gasteiger partial charge in [0.05, 0.1) is 18.4 Å². The molecule has 8 heteroatoms. The Morgan fingerprint density at radius 3 is 2.67 bits per heavy atom. The molecule has 1 aromatic carbocycles. The molecule has 3 aromatic rings. The van der Waals surface area contributed by atoms with Crippen LogP contribution in [0.3, 0.4) is 0 Å². The van der Waals surface area contributed by atoms with Crippen molar-refractivity contribution in [2.45, 2.75) is 39.7 Å². The quantitative estimate of drug-likeness (QED) is 0.620. The lowest BCUT2D eigenvalue weighted by Gasteiger charge is -2.10. The first-order valence-corrected chi connectivity index (χ1v) is 11.8. The molecule has 1 N–H and O–H groups in total. The van der Waals surface area contributed by atoms with E-state index in [2.05, 4.69) is 25.2 Å². The first kappa shape index (κ1) is 21.8. The van der Waals surface area contributed by atoms with E-state index < -0.39 is 15.4 Å². The molecule has 0 bridgehead atoms. The van der Waals surface area contributed by atoms with Crippen LogP contribution in [0.1, 0.15) is 36.5 Å². The molecular formula is C22H26N2O5S. The molecule has 2 heterocycles. The lowest BCUT2D eigenvalue weighted by Crippen LogP contribution is -2.28. The molecule has 30 heavy (non-hydrogen) atoms. The molecular weight excluding hydrogens is 404 g/mol. The zero-order valence-corrected chi connectivity index (χ0v) is 18.4. The van der Waals surface area contributed by atoms with E-state index in [1.807, 2.05) is 13.0 Å². The van der Waals surface area contributed by atoms with Crippen molar-refractivity contribution >= 4 is 32.4 Å². The lowest BCUT2D eigenvalue weighted by molar-refractivity contribution is -0.115. The molecule has 0 saturated carbocycles. The van der Waals surface area contributed by atoms with Gasteiger partial charge in [0.2, 0.25) is 5.91 Å². The second kappa shape index (κ2) is 8.47. The number of carbonyl (C=O) groups excluding carboxylic acids is 1. The maximum atomic E-state index is 12.6. The summed E-state index contributed by atoms with van der Waals surface area (Å²) in [6, 6.07) is 7.14. The number of pyridine rings is 1. The maximum Gasteiger partial charge on any atom is 0.274 e. The normalized spacial score (nSPS) is 11.9. The lowest BCUT2D eigenvalue weighted by atomic mass is 9.95. The molecule has 0 aliphatic rings. The minimum Gasteiger partial charge on any atom is -0.464 e. The highest BCUT2D eigenvalue weighted by molar-refractivity contribution is 7.90. The first-order valence-electron chi connectivity index (χ1n) is 9.73. The zero-order chi connectivity index (χ0) is 22.1. The summed E-state index contributed by atoms with van der Waals surface area (Å²) in [4.78, 5) is 25.1. The van der Waals surface area contributed by atoms with Crippen molar-refractivity contribution in [3.63, 3.8) is 0 Å². The number of aromatic nitrogens is 1. The van der Waals surface area contributed by atoms with Gasteiger partial charge in [0, 0.05) is 29.9 Å². The molecule has 0 fully saturated rings. The predicted molar refractivity (Wildman–Crippen MR) is 118 cm³/mol. The Morgan fingerprint density at radius 2 is 2.00 bits per heavy atom. The van der Waals surface area contributed by atoms with E-state index in [4.69, 9.17) is 4.42 Å². The van der Waals surface area contributed by atoms with Gasteiger partial charge >= 0.3 is 0 Å². The van der Waals surface area contributed by atoms with E-state index in [0.717, 1.165) is 28.4 Å². The number of carbonyl (C=O) groups is 1. The van der Waals surface area contributed by atoms with Gasteiger partial charge in [-0.05, 0) is 48.2 Å². The average molecular weight is 431 g/mol. The van der Waals surface area contributed by atoms with Crippen molar-refractivity contribution in [2.75, 3.05) is 17.3 Å². The molecule has 0 spiro atoms. The Kier molecular flexibility index (Phi) is 6.17. The van der Waals surface area contributed by atoms with Crippen LogP contribution in [-0.4, -0.2) is 30.9 Å². The van der Waals surface area contributed by atoms with E-state index in [0.29, 0.717) is 5.92 Å². The second-order valence-corrected chi connectivity index (χ2v) is 10.2. The van der Waals surface area contributed by atoms with Crippen molar-refractivity contribution in [2.24, 2.45) is 0 Å². The topological polar surface area (TPSA) is 98.4 Å². The average Bonchev–Trinajstić information content (AvgIpc) is 3.02. The maximum absolute atomic E-state index is 12.6. The fourth-order valence-corrected chi connectivity index (χ4v) is 3.97.